The van der Waals surface area contributed by atoms with E-state index in [1.165, 1.54) is 39.5 Å². The van der Waals surface area contributed by atoms with Gasteiger partial charge in [-0.3, -0.25) is 0 Å². The van der Waals surface area contributed by atoms with Gasteiger partial charge in [-0.15, -0.1) is 0 Å². The third-order valence-corrected chi connectivity index (χ3v) is 4.42. The molecule has 0 saturated heterocycles. The monoisotopic (exact) mass is 314 g/mol. The number of nitrogens with zero attached hydrogens (tertiary/aromatic N) is 1. The van der Waals surface area contributed by atoms with Crippen molar-refractivity contribution in [3.8, 4) is 0 Å². The van der Waals surface area contributed by atoms with Crippen LogP contribution in [0.5, 0.6) is 0 Å². The molecule has 116 valence electrons. The van der Waals surface area contributed by atoms with Crippen molar-refractivity contribution in [3.05, 3.63) is 89.7 Å². The third-order valence-electron chi connectivity index (χ3n) is 4.42. The van der Waals surface area contributed by atoms with Crippen molar-refractivity contribution in [2.75, 3.05) is 0 Å². The van der Waals surface area contributed by atoms with Crippen LogP contribution in [-0.2, 0) is 7.05 Å². The lowest BCUT2D eigenvalue weighted by Gasteiger charge is -2.07. The Morgan fingerprint density at radius 3 is 1.83 bits per heavy atom. The summed E-state index contributed by atoms with van der Waals surface area (Å²) in [5, 5.41) is 2.41. The fraction of sp³-hybridized carbons (Fsp3) is 0.0455. The van der Waals surface area contributed by atoms with E-state index < -0.39 is 0 Å². The van der Waals surface area contributed by atoms with Crippen molar-refractivity contribution < 1.29 is 8.96 Å². The minimum Gasteiger partial charge on any atom is -0.207 e. The second-order valence-corrected chi connectivity index (χ2v) is 5.89. The fourth-order valence-corrected chi connectivity index (χ4v) is 3.20. The number of benzene rings is 3. The van der Waals surface area contributed by atoms with Gasteiger partial charge in [0.1, 0.15) is 12.9 Å². The van der Waals surface area contributed by atoms with Gasteiger partial charge in [0, 0.05) is 17.7 Å². The van der Waals surface area contributed by atoms with Crippen LogP contribution in [0.2, 0.25) is 0 Å². The Morgan fingerprint density at radius 1 is 0.708 bits per heavy atom. The first kappa shape index (κ1) is 14.6. The SMILES string of the molecule is C[n+]1c2ccccc2c(/C=C/c2ccc(F)cc2)c2ccccc21. The first-order chi connectivity index (χ1) is 11.7. The molecule has 0 aliphatic rings. The summed E-state index contributed by atoms with van der Waals surface area (Å²) in [5.74, 6) is -0.213. The van der Waals surface area contributed by atoms with Gasteiger partial charge in [0.2, 0.25) is 11.0 Å². The number of pyridine rings is 1. The fourth-order valence-electron chi connectivity index (χ4n) is 3.20. The van der Waals surface area contributed by atoms with Crippen molar-refractivity contribution in [1.82, 2.24) is 0 Å². The normalized spacial score (nSPS) is 11.6. The largest absolute Gasteiger partial charge is 0.213 e. The molecule has 3 aromatic carbocycles. The molecule has 0 aliphatic heterocycles. The summed E-state index contributed by atoms with van der Waals surface area (Å²) in [6.07, 6.45) is 4.16. The second-order valence-electron chi connectivity index (χ2n) is 5.89. The van der Waals surface area contributed by atoms with E-state index in [0.29, 0.717) is 0 Å². The minimum absolute atomic E-state index is 0.213. The van der Waals surface area contributed by atoms with E-state index in [0.717, 1.165) is 5.56 Å². The molecule has 1 nitrogen and oxygen atoms in total. The van der Waals surface area contributed by atoms with Gasteiger partial charge in [0.25, 0.3) is 0 Å². The van der Waals surface area contributed by atoms with Crippen molar-refractivity contribution in [2.24, 2.45) is 7.05 Å². The highest BCUT2D eigenvalue weighted by molar-refractivity contribution is 6.01. The van der Waals surface area contributed by atoms with Gasteiger partial charge in [-0.2, -0.15) is 4.57 Å². The number of aromatic nitrogens is 1. The van der Waals surface area contributed by atoms with Crippen LogP contribution in [-0.4, -0.2) is 0 Å². The average molecular weight is 314 g/mol. The van der Waals surface area contributed by atoms with Crippen LogP contribution in [0.25, 0.3) is 34.0 Å². The zero-order valence-corrected chi connectivity index (χ0v) is 13.4. The highest BCUT2D eigenvalue weighted by Gasteiger charge is 2.15. The standard InChI is InChI=1S/C22H17FN/c1-24-21-8-4-2-6-19(21)18(20-7-3-5-9-22(20)24)15-12-16-10-13-17(23)14-11-16/h2-15H,1H3/q+1/b15-12+. The van der Waals surface area contributed by atoms with Gasteiger partial charge in [-0.05, 0) is 29.8 Å². The van der Waals surface area contributed by atoms with Gasteiger partial charge in [0.15, 0.2) is 0 Å². The minimum atomic E-state index is -0.213. The van der Waals surface area contributed by atoms with Crippen LogP contribution in [0.1, 0.15) is 11.1 Å². The highest BCUT2D eigenvalue weighted by atomic mass is 19.1. The maximum absolute atomic E-state index is 13.1. The lowest BCUT2D eigenvalue weighted by Crippen LogP contribution is -2.30. The van der Waals surface area contributed by atoms with Gasteiger partial charge < -0.3 is 0 Å². The summed E-state index contributed by atoms with van der Waals surface area (Å²) in [4.78, 5) is 0. The van der Waals surface area contributed by atoms with Gasteiger partial charge >= 0.3 is 0 Å². The van der Waals surface area contributed by atoms with Crippen molar-refractivity contribution in [1.29, 1.82) is 0 Å². The Bertz CT molecular complexity index is 1010. The van der Waals surface area contributed by atoms with E-state index >= 15 is 0 Å². The molecule has 4 rings (SSSR count). The Kier molecular flexibility index (Phi) is 3.58. The molecular formula is C22H17FN+. The van der Waals surface area contributed by atoms with Crippen LogP contribution < -0.4 is 4.57 Å². The predicted molar refractivity (Wildman–Crippen MR) is 98.0 cm³/mol. The van der Waals surface area contributed by atoms with Crippen LogP contribution in [0.4, 0.5) is 4.39 Å². The number of aryl methyl sites for hydroxylation is 1. The topological polar surface area (TPSA) is 3.88 Å². The van der Waals surface area contributed by atoms with Crippen molar-refractivity contribution >= 4 is 34.0 Å². The van der Waals surface area contributed by atoms with Crippen LogP contribution in [0.15, 0.2) is 72.8 Å². The third kappa shape index (κ3) is 2.46. The number of hydrogen-bond donors (Lipinski definition) is 0. The van der Waals surface area contributed by atoms with E-state index in [1.807, 2.05) is 6.08 Å². The molecule has 0 atom stereocenters. The zero-order chi connectivity index (χ0) is 16.5. The number of para-hydroxylation sites is 2. The number of fused-ring (bicyclic) bond motifs is 2. The van der Waals surface area contributed by atoms with Crippen molar-refractivity contribution in [2.45, 2.75) is 0 Å². The van der Waals surface area contributed by atoms with Crippen LogP contribution in [0.3, 0.4) is 0 Å². The molecule has 2 heteroatoms. The molecule has 0 saturated carbocycles. The van der Waals surface area contributed by atoms with Crippen molar-refractivity contribution in [3.63, 3.8) is 0 Å². The van der Waals surface area contributed by atoms with E-state index in [9.17, 15) is 4.39 Å². The smallest absolute Gasteiger partial charge is 0.207 e. The first-order valence-electron chi connectivity index (χ1n) is 7.97. The molecule has 24 heavy (non-hydrogen) atoms. The molecule has 0 aliphatic carbocycles. The van der Waals surface area contributed by atoms with E-state index in [1.54, 1.807) is 12.1 Å². The summed E-state index contributed by atoms with van der Waals surface area (Å²) in [6, 6.07) is 23.4. The maximum Gasteiger partial charge on any atom is 0.213 e. The first-order valence-corrected chi connectivity index (χ1v) is 7.97. The van der Waals surface area contributed by atoms with Crippen LogP contribution >= 0.6 is 0 Å². The Hall–Kier alpha value is -3.00. The molecule has 0 unspecified atom stereocenters. The van der Waals surface area contributed by atoms with E-state index in [2.05, 4.69) is 66.2 Å². The molecule has 4 aromatic rings. The Labute approximate surface area is 140 Å². The summed E-state index contributed by atoms with van der Waals surface area (Å²) in [5.41, 5.74) is 4.55. The predicted octanol–water partition coefficient (Wildman–Crippen LogP) is 5.13. The van der Waals surface area contributed by atoms with Gasteiger partial charge in [0.05, 0.1) is 10.8 Å². The second kappa shape index (κ2) is 5.89. The summed E-state index contributed by atoms with van der Waals surface area (Å²) < 4.78 is 15.3. The quantitative estimate of drug-likeness (QED) is 0.357. The Morgan fingerprint density at radius 2 is 1.25 bits per heavy atom. The molecule has 1 heterocycles. The molecule has 1 aromatic heterocycles. The average Bonchev–Trinajstić information content (AvgIpc) is 2.63. The van der Waals surface area contributed by atoms with Gasteiger partial charge in [-0.1, -0.05) is 48.6 Å². The Balaban J connectivity index is 1.98. The van der Waals surface area contributed by atoms with E-state index in [-0.39, 0.29) is 5.82 Å². The molecule has 0 radical (unpaired) electrons. The zero-order valence-electron chi connectivity index (χ0n) is 13.4. The summed E-state index contributed by atoms with van der Waals surface area (Å²) in [6.45, 7) is 0. The van der Waals surface area contributed by atoms with Crippen LogP contribution in [0, 0.1) is 5.82 Å². The number of rotatable bonds is 2. The molecule has 0 bridgehead atoms. The molecule has 0 N–H and O–H groups in total. The summed E-state index contributed by atoms with van der Waals surface area (Å²) in [7, 11) is 2.10. The molecular weight excluding hydrogens is 297 g/mol. The summed E-state index contributed by atoms with van der Waals surface area (Å²) >= 11 is 0. The van der Waals surface area contributed by atoms with E-state index in [4.69, 9.17) is 0 Å². The number of hydrogen-bond acceptors (Lipinski definition) is 0. The number of halogens is 1. The lowest BCUT2D eigenvalue weighted by molar-refractivity contribution is -0.617. The molecule has 0 spiro atoms. The molecule has 0 amide bonds. The lowest BCUT2D eigenvalue weighted by atomic mass is 10.0. The maximum atomic E-state index is 13.1. The van der Waals surface area contributed by atoms with Gasteiger partial charge in [-0.25, -0.2) is 4.39 Å². The highest BCUT2D eigenvalue weighted by Crippen LogP contribution is 2.26. The molecule has 0 fully saturated rings.